The van der Waals surface area contributed by atoms with E-state index in [9.17, 15) is 0 Å². The maximum Gasteiger partial charge on any atom is 0.317 e. The molecule has 0 spiro atoms. The van der Waals surface area contributed by atoms with Gasteiger partial charge in [0.25, 0.3) is 0 Å². The smallest absolute Gasteiger partial charge is 0.317 e. The predicted molar refractivity (Wildman–Crippen MR) is 71.9 cm³/mol. The first-order chi connectivity index (χ1) is 9.24. The molecule has 0 aliphatic carbocycles. The number of hydrogen-bond donors (Lipinski definition) is 1. The van der Waals surface area contributed by atoms with Crippen LogP contribution < -0.4 is 5.68 Å². The minimum atomic E-state index is 0.0164. The molecule has 0 saturated carbocycles. The Kier molecular flexibility index (Phi) is 2.76. The monoisotopic (exact) mass is 251 g/mol. The third-order valence-corrected chi connectivity index (χ3v) is 2.88. The quantitative estimate of drug-likeness (QED) is 0.761. The Morgan fingerprint density at radius 3 is 2.37 bits per heavy atom. The molecular weight excluding hydrogens is 238 g/mol. The van der Waals surface area contributed by atoms with Crippen LogP contribution in [0.2, 0.25) is 0 Å². The van der Waals surface area contributed by atoms with Gasteiger partial charge in [0.2, 0.25) is 5.89 Å². The van der Waals surface area contributed by atoms with Gasteiger partial charge in [-0.3, -0.25) is 0 Å². The lowest BCUT2D eigenvalue weighted by Gasteiger charge is -1.99. The minimum absolute atomic E-state index is 0.0164. The van der Waals surface area contributed by atoms with Crippen LogP contribution in [0.4, 0.5) is 0 Å². The fraction of sp³-hybridized carbons (Fsp3) is 0.0667. The molecule has 4 heteroatoms. The molecule has 0 radical (unpaired) electrons. The van der Waals surface area contributed by atoms with Crippen molar-refractivity contribution in [3.63, 3.8) is 0 Å². The first kappa shape index (κ1) is 11.5. The third-order valence-electron chi connectivity index (χ3n) is 2.88. The van der Waals surface area contributed by atoms with E-state index in [1.54, 1.807) is 0 Å². The minimum Gasteiger partial charge on any atom is -0.403 e. The molecule has 0 aliphatic rings. The second kappa shape index (κ2) is 4.57. The Morgan fingerprint density at radius 2 is 1.68 bits per heavy atom. The maximum absolute atomic E-state index is 7.87. The molecule has 3 rings (SSSR count). The van der Waals surface area contributed by atoms with Crippen LogP contribution >= 0.6 is 0 Å². The SMILES string of the molecule is Cc1ccc(-n2nc(-c3ccccc3)oc2=N)cc1. The molecule has 1 heterocycles. The summed E-state index contributed by atoms with van der Waals surface area (Å²) in [5.41, 5.74) is 2.87. The fourth-order valence-corrected chi connectivity index (χ4v) is 1.85. The number of benzene rings is 2. The lowest BCUT2D eigenvalue weighted by atomic mass is 10.2. The highest BCUT2D eigenvalue weighted by molar-refractivity contribution is 5.52. The predicted octanol–water partition coefficient (Wildman–Crippen LogP) is 2.92. The van der Waals surface area contributed by atoms with Gasteiger partial charge in [0.05, 0.1) is 5.69 Å². The summed E-state index contributed by atoms with van der Waals surface area (Å²) >= 11 is 0. The van der Waals surface area contributed by atoms with E-state index in [1.807, 2.05) is 61.5 Å². The number of rotatable bonds is 2. The molecule has 0 amide bonds. The topological polar surface area (TPSA) is 54.8 Å². The fourth-order valence-electron chi connectivity index (χ4n) is 1.85. The summed E-state index contributed by atoms with van der Waals surface area (Å²) in [6.07, 6.45) is 0. The molecule has 0 saturated heterocycles. The summed E-state index contributed by atoms with van der Waals surface area (Å²) in [5.74, 6) is 0.450. The van der Waals surface area contributed by atoms with Crippen molar-refractivity contribution >= 4 is 0 Å². The molecule has 94 valence electrons. The van der Waals surface area contributed by atoms with Crippen LogP contribution in [0.3, 0.4) is 0 Å². The second-order valence-electron chi connectivity index (χ2n) is 4.33. The summed E-state index contributed by atoms with van der Waals surface area (Å²) in [4.78, 5) is 0. The molecule has 0 unspecified atom stereocenters. The molecule has 0 bridgehead atoms. The summed E-state index contributed by atoms with van der Waals surface area (Å²) in [6, 6.07) is 17.4. The molecule has 19 heavy (non-hydrogen) atoms. The number of nitrogens with one attached hydrogen (secondary N) is 1. The van der Waals surface area contributed by atoms with E-state index < -0.39 is 0 Å². The molecule has 0 fully saturated rings. The number of nitrogens with zero attached hydrogens (tertiary/aromatic N) is 2. The van der Waals surface area contributed by atoms with Gasteiger partial charge >= 0.3 is 5.68 Å². The van der Waals surface area contributed by atoms with Crippen LogP contribution in [-0.4, -0.2) is 9.78 Å². The van der Waals surface area contributed by atoms with Gasteiger partial charge in [0.15, 0.2) is 0 Å². The molecule has 0 atom stereocenters. The molecule has 2 aromatic carbocycles. The average Bonchev–Trinajstić information content (AvgIpc) is 2.83. The van der Waals surface area contributed by atoms with Crippen LogP contribution in [0, 0.1) is 12.3 Å². The summed E-state index contributed by atoms with van der Waals surface area (Å²) in [6.45, 7) is 2.02. The maximum atomic E-state index is 7.87. The number of hydrogen-bond acceptors (Lipinski definition) is 3. The van der Waals surface area contributed by atoms with Crippen molar-refractivity contribution < 1.29 is 4.42 Å². The highest BCUT2D eigenvalue weighted by atomic mass is 16.4. The first-order valence-electron chi connectivity index (χ1n) is 6.01. The van der Waals surface area contributed by atoms with Gasteiger partial charge in [-0.15, -0.1) is 5.10 Å². The highest BCUT2D eigenvalue weighted by Crippen LogP contribution is 2.15. The molecule has 1 N–H and O–H groups in total. The summed E-state index contributed by atoms with van der Waals surface area (Å²) < 4.78 is 6.89. The van der Waals surface area contributed by atoms with Crippen molar-refractivity contribution in [2.45, 2.75) is 6.92 Å². The van der Waals surface area contributed by atoms with Gasteiger partial charge in [0, 0.05) is 5.56 Å². The summed E-state index contributed by atoms with van der Waals surface area (Å²) in [5, 5.41) is 12.2. The lowest BCUT2D eigenvalue weighted by molar-refractivity contribution is 0.487. The van der Waals surface area contributed by atoms with Gasteiger partial charge in [-0.25, -0.2) is 5.41 Å². The van der Waals surface area contributed by atoms with Crippen molar-refractivity contribution in [2.24, 2.45) is 0 Å². The van der Waals surface area contributed by atoms with E-state index in [1.165, 1.54) is 10.2 Å². The summed E-state index contributed by atoms with van der Waals surface area (Å²) in [7, 11) is 0. The van der Waals surface area contributed by atoms with E-state index in [4.69, 9.17) is 9.83 Å². The van der Waals surface area contributed by atoms with Crippen LogP contribution in [0.1, 0.15) is 5.56 Å². The van der Waals surface area contributed by atoms with E-state index in [2.05, 4.69) is 5.10 Å². The molecule has 0 aliphatic heterocycles. The highest BCUT2D eigenvalue weighted by Gasteiger charge is 2.08. The van der Waals surface area contributed by atoms with Crippen molar-refractivity contribution in [1.29, 1.82) is 5.41 Å². The Hall–Kier alpha value is -2.62. The zero-order chi connectivity index (χ0) is 13.2. The van der Waals surface area contributed by atoms with Crippen molar-refractivity contribution in [3.8, 4) is 17.1 Å². The van der Waals surface area contributed by atoms with Gasteiger partial charge < -0.3 is 4.42 Å². The van der Waals surface area contributed by atoms with Crippen LogP contribution in [0.5, 0.6) is 0 Å². The van der Waals surface area contributed by atoms with Crippen molar-refractivity contribution in [1.82, 2.24) is 9.78 Å². The van der Waals surface area contributed by atoms with E-state index in [0.717, 1.165) is 11.3 Å². The normalized spacial score (nSPS) is 10.6. The molecular formula is C15H13N3O. The zero-order valence-corrected chi connectivity index (χ0v) is 10.5. The number of aromatic nitrogens is 2. The average molecular weight is 251 g/mol. The van der Waals surface area contributed by atoms with Crippen molar-refractivity contribution in [2.75, 3.05) is 0 Å². The van der Waals surface area contributed by atoms with Gasteiger partial charge in [-0.1, -0.05) is 35.9 Å². The van der Waals surface area contributed by atoms with Crippen LogP contribution in [0.25, 0.3) is 17.1 Å². The largest absolute Gasteiger partial charge is 0.403 e. The molecule has 4 nitrogen and oxygen atoms in total. The lowest BCUT2D eigenvalue weighted by Crippen LogP contribution is -2.13. The first-order valence-corrected chi connectivity index (χ1v) is 6.01. The van der Waals surface area contributed by atoms with E-state index in [0.29, 0.717) is 5.89 Å². The van der Waals surface area contributed by atoms with Gasteiger partial charge in [0.1, 0.15) is 0 Å². The standard InChI is InChI=1S/C15H13N3O/c1-11-7-9-13(10-8-11)18-15(16)19-14(17-18)12-5-3-2-4-6-12/h2-10,16H,1H3. The van der Waals surface area contributed by atoms with E-state index >= 15 is 0 Å². The second-order valence-corrected chi connectivity index (χ2v) is 4.33. The Balaban J connectivity index is 2.08. The number of aryl methyl sites for hydroxylation is 1. The van der Waals surface area contributed by atoms with Crippen LogP contribution in [-0.2, 0) is 0 Å². The molecule has 1 aromatic heterocycles. The van der Waals surface area contributed by atoms with Gasteiger partial charge in [-0.05, 0) is 31.2 Å². The van der Waals surface area contributed by atoms with Crippen molar-refractivity contribution in [3.05, 3.63) is 65.8 Å². The third kappa shape index (κ3) is 2.20. The Morgan fingerprint density at radius 1 is 1.00 bits per heavy atom. The molecule has 3 aromatic rings. The van der Waals surface area contributed by atoms with E-state index in [-0.39, 0.29) is 5.68 Å². The Bertz CT molecular complexity index is 739. The zero-order valence-electron chi connectivity index (χ0n) is 10.5. The van der Waals surface area contributed by atoms with Gasteiger partial charge in [-0.2, -0.15) is 4.68 Å². The Labute approximate surface area is 110 Å². The van der Waals surface area contributed by atoms with Crippen LogP contribution in [0.15, 0.2) is 59.0 Å².